The van der Waals surface area contributed by atoms with Gasteiger partial charge in [-0.1, -0.05) is 29.8 Å². The number of halogens is 1. The highest BCUT2D eigenvalue weighted by Crippen LogP contribution is 2.23. The maximum absolute atomic E-state index is 12.2. The summed E-state index contributed by atoms with van der Waals surface area (Å²) in [6, 6.07) is 11.3. The number of anilines is 1. The summed E-state index contributed by atoms with van der Waals surface area (Å²) < 4.78 is 6.16. The number of methoxy groups -OCH3 is 1. The van der Waals surface area contributed by atoms with Crippen LogP contribution < -0.4 is 5.32 Å². The first-order valence-electron chi connectivity index (χ1n) is 7.19. The van der Waals surface area contributed by atoms with Crippen LogP contribution in [0.4, 0.5) is 5.95 Å². The molecule has 24 heavy (non-hydrogen) atoms. The summed E-state index contributed by atoms with van der Waals surface area (Å²) >= 11 is 7.40. The molecule has 124 valence electrons. The topological polar surface area (TPSA) is 69.0 Å². The van der Waals surface area contributed by atoms with Crippen LogP contribution in [0.15, 0.2) is 41.8 Å². The molecule has 0 saturated heterocycles. The fourth-order valence-electron chi connectivity index (χ4n) is 2.08. The second-order valence-corrected chi connectivity index (χ2v) is 6.34. The van der Waals surface area contributed by atoms with Crippen LogP contribution in [-0.2, 0) is 11.3 Å². The zero-order valence-corrected chi connectivity index (χ0v) is 14.5. The Bertz CT molecular complexity index is 815. The van der Waals surface area contributed by atoms with E-state index >= 15 is 0 Å². The summed E-state index contributed by atoms with van der Waals surface area (Å²) in [4.78, 5) is 17.5. The summed E-state index contributed by atoms with van der Waals surface area (Å²) in [5.74, 6) is 0.606. The molecular weight excluding hydrogens is 348 g/mol. The maximum atomic E-state index is 12.2. The number of benzene rings is 1. The molecule has 0 aliphatic heterocycles. The van der Waals surface area contributed by atoms with Crippen LogP contribution >= 0.6 is 22.9 Å². The van der Waals surface area contributed by atoms with Gasteiger partial charge in [-0.2, -0.15) is 9.67 Å². The number of carbonyl (C=O) groups is 1. The minimum absolute atomic E-state index is 0.0666. The van der Waals surface area contributed by atoms with Crippen LogP contribution in [-0.4, -0.2) is 34.4 Å². The van der Waals surface area contributed by atoms with Gasteiger partial charge in [-0.25, -0.2) is 0 Å². The molecule has 0 unspecified atom stereocenters. The highest BCUT2D eigenvalue weighted by molar-refractivity contribution is 7.13. The molecule has 2 aromatic heterocycles. The minimum Gasteiger partial charge on any atom is -0.375 e. The van der Waals surface area contributed by atoms with Gasteiger partial charge >= 0.3 is 0 Å². The van der Waals surface area contributed by atoms with Crippen molar-refractivity contribution in [3.63, 3.8) is 0 Å². The number of rotatable bonds is 6. The van der Waals surface area contributed by atoms with E-state index in [0.29, 0.717) is 23.3 Å². The van der Waals surface area contributed by atoms with Gasteiger partial charge in [0, 0.05) is 18.7 Å². The molecule has 0 spiro atoms. The van der Waals surface area contributed by atoms with E-state index in [1.54, 1.807) is 0 Å². The quantitative estimate of drug-likeness (QED) is 0.726. The Morgan fingerprint density at radius 1 is 1.33 bits per heavy atom. The van der Waals surface area contributed by atoms with Crippen molar-refractivity contribution in [1.82, 2.24) is 14.8 Å². The number of aromatic nitrogens is 3. The van der Waals surface area contributed by atoms with E-state index in [1.165, 1.54) is 23.1 Å². The average molecular weight is 363 g/mol. The molecule has 2 heterocycles. The zero-order chi connectivity index (χ0) is 16.9. The molecule has 3 aromatic rings. The van der Waals surface area contributed by atoms with Crippen LogP contribution in [0.5, 0.6) is 0 Å². The van der Waals surface area contributed by atoms with Crippen molar-refractivity contribution in [2.45, 2.75) is 6.54 Å². The predicted octanol–water partition coefficient (Wildman–Crippen LogP) is 3.56. The lowest BCUT2D eigenvalue weighted by Gasteiger charge is -2.07. The molecule has 0 amide bonds. The Labute approximate surface area is 148 Å². The van der Waals surface area contributed by atoms with Gasteiger partial charge in [0.15, 0.2) is 5.82 Å². The minimum atomic E-state index is -0.286. The van der Waals surface area contributed by atoms with Crippen LogP contribution in [0, 0.1) is 0 Å². The summed E-state index contributed by atoms with van der Waals surface area (Å²) in [7, 11) is 1.47. The van der Waals surface area contributed by atoms with Crippen molar-refractivity contribution in [2.75, 3.05) is 19.0 Å². The van der Waals surface area contributed by atoms with Crippen molar-refractivity contribution in [1.29, 1.82) is 0 Å². The van der Waals surface area contributed by atoms with Crippen molar-refractivity contribution in [3.8, 4) is 10.7 Å². The molecule has 1 aromatic carbocycles. The van der Waals surface area contributed by atoms with E-state index in [-0.39, 0.29) is 12.5 Å². The number of hydrogen-bond donors (Lipinski definition) is 1. The van der Waals surface area contributed by atoms with Gasteiger partial charge in [0.2, 0.25) is 5.95 Å². The van der Waals surface area contributed by atoms with E-state index in [2.05, 4.69) is 15.4 Å². The number of carbonyl (C=O) groups excluding carboxylic acids is 1. The highest BCUT2D eigenvalue weighted by Gasteiger charge is 2.17. The first kappa shape index (κ1) is 16.6. The van der Waals surface area contributed by atoms with E-state index in [4.69, 9.17) is 16.3 Å². The smallest absolute Gasteiger partial charge is 0.276 e. The molecular formula is C16H15ClN4O2S. The van der Waals surface area contributed by atoms with Crippen molar-refractivity contribution >= 4 is 34.8 Å². The molecule has 0 aliphatic rings. The third kappa shape index (κ3) is 3.81. The highest BCUT2D eigenvalue weighted by atomic mass is 35.5. The van der Waals surface area contributed by atoms with E-state index in [1.807, 2.05) is 41.8 Å². The monoisotopic (exact) mass is 362 g/mol. The number of hydrogen-bond acceptors (Lipinski definition) is 6. The van der Waals surface area contributed by atoms with Crippen molar-refractivity contribution in [2.24, 2.45) is 0 Å². The number of nitrogens with one attached hydrogen (secondary N) is 1. The van der Waals surface area contributed by atoms with Gasteiger partial charge in [0.05, 0.1) is 4.88 Å². The Balaban J connectivity index is 1.84. The molecule has 8 heteroatoms. The largest absolute Gasteiger partial charge is 0.375 e. The molecule has 0 radical (unpaired) electrons. The van der Waals surface area contributed by atoms with Gasteiger partial charge in [0.1, 0.15) is 6.61 Å². The molecule has 0 bridgehead atoms. The first-order chi connectivity index (χ1) is 11.7. The summed E-state index contributed by atoms with van der Waals surface area (Å²) in [5.41, 5.74) is 1.02. The summed E-state index contributed by atoms with van der Waals surface area (Å²) in [6.45, 7) is 0.433. The fourth-order valence-corrected chi connectivity index (χ4v) is 2.86. The maximum Gasteiger partial charge on any atom is 0.276 e. The average Bonchev–Trinajstić information content (AvgIpc) is 3.24. The number of thiophene rings is 1. The van der Waals surface area contributed by atoms with Gasteiger partial charge in [-0.15, -0.1) is 16.4 Å². The van der Waals surface area contributed by atoms with Crippen LogP contribution in [0.25, 0.3) is 10.7 Å². The molecule has 6 nitrogen and oxygen atoms in total. The Morgan fingerprint density at radius 3 is 2.79 bits per heavy atom. The third-order valence-corrected chi connectivity index (χ3v) is 4.33. The van der Waals surface area contributed by atoms with E-state index in [9.17, 15) is 4.79 Å². The third-order valence-electron chi connectivity index (χ3n) is 3.22. The SMILES string of the molecule is COCC(=O)n1nc(-c2cccs2)nc1NCc1ccc(Cl)cc1. The van der Waals surface area contributed by atoms with E-state index < -0.39 is 0 Å². The summed E-state index contributed by atoms with van der Waals surface area (Å²) in [6.07, 6.45) is 0. The lowest BCUT2D eigenvalue weighted by molar-refractivity contribution is 0.0748. The van der Waals surface area contributed by atoms with Crippen LogP contribution in [0.3, 0.4) is 0 Å². The Hall–Kier alpha value is -2.22. The predicted molar refractivity (Wildman–Crippen MR) is 94.6 cm³/mol. The van der Waals surface area contributed by atoms with Gasteiger partial charge < -0.3 is 10.1 Å². The molecule has 3 rings (SSSR count). The fraction of sp³-hybridized carbons (Fsp3) is 0.188. The lowest BCUT2D eigenvalue weighted by Crippen LogP contribution is -2.20. The number of ether oxygens (including phenoxy) is 1. The molecule has 0 fully saturated rings. The van der Waals surface area contributed by atoms with Gasteiger partial charge in [0.25, 0.3) is 5.91 Å². The molecule has 0 saturated carbocycles. The van der Waals surface area contributed by atoms with Crippen LogP contribution in [0.2, 0.25) is 5.02 Å². The van der Waals surface area contributed by atoms with E-state index in [0.717, 1.165) is 10.4 Å². The van der Waals surface area contributed by atoms with Crippen LogP contribution in [0.1, 0.15) is 10.4 Å². The van der Waals surface area contributed by atoms with Gasteiger partial charge in [-0.3, -0.25) is 4.79 Å². The first-order valence-corrected chi connectivity index (χ1v) is 8.44. The lowest BCUT2D eigenvalue weighted by atomic mass is 10.2. The Morgan fingerprint density at radius 2 is 2.12 bits per heavy atom. The molecule has 0 aliphatic carbocycles. The normalized spacial score (nSPS) is 10.8. The molecule has 1 N–H and O–H groups in total. The standard InChI is InChI=1S/C16H15ClN4O2S/c1-23-10-14(22)21-16(18-9-11-4-6-12(17)7-5-11)19-15(20-21)13-3-2-8-24-13/h2-8H,9-10H2,1H3,(H,18,19,20). The summed E-state index contributed by atoms with van der Waals surface area (Å²) in [5, 5.41) is 10.1. The van der Waals surface area contributed by atoms with Gasteiger partial charge in [-0.05, 0) is 29.1 Å². The second kappa shape index (κ2) is 7.57. The molecule has 0 atom stereocenters. The second-order valence-electron chi connectivity index (χ2n) is 4.95. The number of nitrogens with zero attached hydrogens (tertiary/aromatic N) is 3. The zero-order valence-electron chi connectivity index (χ0n) is 12.9. The van der Waals surface area contributed by atoms with Crippen molar-refractivity contribution in [3.05, 3.63) is 52.4 Å². The van der Waals surface area contributed by atoms with Crippen molar-refractivity contribution < 1.29 is 9.53 Å². The Kier molecular flexibility index (Phi) is 5.24.